The largest absolute Gasteiger partial charge is 0.487 e. The Bertz CT molecular complexity index is 613. The van der Waals surface area contributed by atoms with E-state index >= 15 is 0 Å². The predicted molar refractivity (Wildman–Crippen MR) is 74.8 cm³/mol. The van der Waals surface area contributed by atoms with Crippen molar-refractivity contribution >= 4 is 17.3 Å². The molecule has 0 fully saturated rings. The minimum Gasteiger partial charge on any atom is -0.487 e. The number of nitro benzene ring substituents is 1. The molecule has 0 saturated heterocycles. The summed E-state index contributed by atoms with van der Waals surface area (Å²) >= 11 is 5.93. The Morgan fingerprint density at radius 3 is 2.40 bits per heavy atom. The monoisotopic (exact) mass is 293 g/mol. The standard InChI is InChI=1S/C14H12ClNO4/c15-13-6-5-12(16(18)19)7-14(13)20-9-11-3-1-10(8-17)2-4-11/h1-7,17H,8-9H2. The number of benzene rings is 2. The van der Waals surface area contributed by atoms with Crippen LogP contribution in [0.1, 0.15) is 11.1 Å². The molecule has 0 aliphatic carbocycles. The zero-order chi connectivity index (χ0) is 14.5. The maximum Gasteiger partial charge on any atom is 0.273 e. The van der Waals surface area contributed by atoms with Gasteiger partial charge in [-0.3, -0.25) is 10.1 Å². The normalized spacial score (nSPS) is 10.3. The quantitative estimate of drug-likeness (QED) is 0.678. The van der Waals surface area contributed by atoms with Gasteiger partial charge < -0.3 is 9.84 Å². The van der Waals surface area contributed by atoms with E-state index in [0.717, 1.165) is 11.1 Å². The van der Waals surface area contributed by atoms with Crippen molar-refractivity contribution in [3.63, 3.8) is 0 Å². The summed E-state index contributed by atoms with van der Waals surface area (Å²) in [5.41, 5.74) is 1.62. The molecule has 0 aliphatic rings. The summed E-state index contributed by atoms with van der Waals surface area (Å²) in [7, 11) is 0. The van der Waals surface area contributed by atoms with Crippen molar-refractivity contribution in [2.24, 2.45) is 0 Å². The van der Waals surface area contributed by atoms with Crippen molar-refractivity contribution in [1.29, 1.82) is 0 Å². The second-order valence-electron chi connectivity index (χ2n) is 4.14. The smallest absolute Gasteiger partial charge is 0.273 e. The van der Waals surface area contributed by atoms with E-state index in [2.05, 4.69) is 0 Å². The van der Waals surface area contributed by atoms with Crippen molar-refractivity contribution in [2.45, 2.75) is 13.2 Å². The molecule has 104 valence electrons. The molecule has 2 rings (SSSR count). The molecule has 6 heteroatoms. The fourth-order valence-electron chi connectivity index (χ4n) is 1.62. The number of nitro groups is 1. The number of aliphatic hydroxyl groups is 1. The molecule has 0 spiro atoms. The summed E-state index contributed by atoms with van der Waals surface area (Å²) < 4.78 is 5.49. The van der Waals surface area contributed by atoms with Gasteiger partial charge in [-0.25, -0.2) is 0 Å². The Morgan fingerprint density at radius 1 is 1.15 bits per heavy atom. The summed E-state index contributed by atoms with van der Waals surface area (Å²) in [5.74, 6) is 0.270. The molecule has 0 atom stereocenters. The molecule has 0 saturated carbocycles. The Balaban J connectivity index is 2.09. The average molecular weight is 294 g/mol. The summed E-state index contributed by atoms with van der Waals surface area (Å²) in [6, 6.07) is 11.3. The lowest BCUT2D eigenvalue weighted by Gasteiger charge is -2.08. The van der Waals surface area contributed by atoms with E-state index in [9.17, 15) is 10.1 Å². The van der Waals surface area contributed by atoms with E-state index in [1.54, 1.807) is 12.1 Å². The Kier molecular flexibility index (Phi) is 4.55. The highest BCUT2D eigenvalue weighted by Crippen LogP contribution is 2.29. The van der Waals surface area contributed by atoms with Gasteiger partial charge in [0.2, 0.25) is 0 Å². The van der Waals surface area contributed by atoms with Crippen LogP contribution in [0, 0.1) is 10.1 Å². The van der Waals surface area contributed by atoms with Crippen molar-refractivity contribution < 1.29 is 14.8 Å². The second-order valence-corrected chi connectivity index (χ2v) is 4.54. The van der Waals surface area contributed by atoms with Crippen LogP contribution in [-0.2, 0) is 13.2 Å². The summed E-state index contributed by atoms with van der Waals surface area (Å²) in [6.07, 6.45) is 0. The van der Waals surface area contributed by atoms with E-state index in [0.29, 0.717) is 5.02 Å². The Hall–Kier alpha value is -2.11. The molecule has 20 heavy (non-hydrogen) atoms. The van der Waals surface area contributed by atoms with Gasteiger partial charge in [0.25, 0.3) is 5.69 Å². The van der Waals surface area contributed by atoms with Gasteiger partial charge in [0.05, 0.1) is 22.6 Å². The van der Waals surface area contributed by atoms with E-state index in [1.807, 2.05) is 12.1 Å². The number of rotatable bonds is 5. The lowest BCUT2D eigenvalue weighted by atomic mass is 10.1. The van der Waals surface area contributed by atoms with Crippen LogP contribution in [-0.4, -0.2) is 10.0 Å². The molecule has 0 heterocycles. The van der Waals surface area contributed by atoms with Crippen LogP contribution in [0.5, 0.6) is 5.75 Å². The molecule has 0 bridgehead atoms. The minimum atomic E-state index is -0.501. The maximum absolute atomic E-state index is 10.7. The SMILES string of the molecule is O=[N+]([O-])c1ccc(Cl)c(OCc2ccc(CO)cc2)c1. The lowest BCUT2D eigenvalue weighted by Crippen LogP contribution is -1.97. The molecular weight excluding hydrogens is 282 g/mol. The first-order valence-electron chi connectivity index (χ1n) is 5.85. The number of halogens is 1. The highest BCUT2D eigenvalue weighted by atomic mass is 35.5. The van der Waals surface area contributed by atoms with Crippen molar-refractivity contribution in [1.82, 2.24) is 0 Å². The topological polar surface area (TPSA) is 72.6 Å². The number of hydrogen-bond acceptors (Lipinski definition) is 4. The molecule has 5 nitrogen and oxygen atoms in total. The fraction of sp³-hybridized carbons (Fsp3) is 0.143. The predicted octanol–water partition coefficient (Wildman–Crippen LogP) is 3.32. The van der Waals surface area contributed by atoms with Crippen molar-refractivity contribution in [3.05, 3.63) is 68.7 Å². The number of hydrogen-bond donors (Lipinski definition) is 1. The number of ether oxygens (including phenoxy) is 1. The summed E-state index contributed by atoms with van der Waals surface area (Å²) in [5, 5.41) is 20.0. The first-order valence-corrected chi connectivity index (χ1v) is 6.23. The summed E-state index contributed by atoms with van der Waals surface area (Å²) in [4.78, 5) is 10.2. The Morgan fingerprint density at radius 2 is 1.80 bits per heavy atom. The van der Waals surface area contributed by atoms with Crippen LogP contribution >= 0.6 is 11.6 Å². The average Bonchev–Trinajstić information content (AvgIpc) is 2.46. The van der Waals surface area contributed by atoms with Crippen LogP contribution in [0.2, 0.25) is 5.02 Å². The van der Waals surface area contributed by atoms with Gasteiger partial charge in [0, 0.05) is 6.07 Å². The van der Waals surface area contributed by atoms with Gasteiger partial charge >= 0.3 is 0 Å². The first-order chi connectivity index (χ1) is 9.60. The van der Waals surface area contributed by atoms with Gasteiger partial charge in [-0.2, -0.15) is 0 Å². The molecule has 0 amide bonds. The molecule has 0 aromatic heterocycles. The van der Waals surface area contributed by atoms with E-state index in [4.69, 9.17) is 21.4 Å². The molecule has 0 aliphatic heterocycles. The third kappa shape index (κ3) is 3.46. The Labute approximate surface area is 120 Å². The van der Waals surface area contributed by atoms with E-state index in [1.165, 1.54) is 18.2 Å². The number of non-ortho nitro benzene ring substituents is 1. The fourth-order valence-corrected chi connectivity index (χ4v) is 1.79. The third-order valence-electron chi connectivity index (χ3n) is 2.73. The zero-order valence-corrected chi connectivity index (χ0v) is 11.2. The second kappa shape index (κ2) is 6.36. The molecule has 2 aromatic carbocycles. The van der Waals surface area contributed by atoms with Crippen LogP contribution in [0.3, 0.4) is 0 Å². The minimum absolute atomic E-state index is 0.0160. The highest BCUT2D eigenvalue weighted by molar-refractivity contribution is 6.32. The number of aliphatic hydroxyl groups excluding tert-OH is 1. The molecular formula is C14H12ClNO4. The molecule has 2 aromatic rings. The zero-order valence-electron chi connectivity index (χ0n) is 10.5. The van der Waals surface area contributed by atoms with Gasteiger partial charge in [0.1, 0.15) is 12.4 Å². The number of nitrogens with zero attached hydrogens (tertiary/aromatic N) is 1. The molecule has 0 radical (unpaired) electrons. The van der Waals surface area contributed by atoms with Gasteiger partial charge in [-0.05, 0) is 17.2 Å². The van der Waals surface area contributed by atoms with Crippen LogP contribution < -0.4 is 4.74 Å². The van der Waals surface area contributed by atoms with Crippen LogP contribution in [0.4, 0.5) is 5.69 Å². The van der Waals surface area contributed by atoms with Gasteiger partial charge in [-0.15, -0.1) is 0 Å². The van der Waals surface area contributed by atoms with Crippen molar-refractivity contribution in [2.75, 3.05) is 0 Å². The maximum atomic E-state index is 10.7. The van der Waals surface area contributed by atoms with E-state index < -0.39 is 4.92 Å². The summed E-state index contributed by atoms with van der Waals surface area (Å²) in [6.45, 7) is 0.227. The van der Waals surface area contributed by atoms with Gasteiger partial charge in [0.15, 0.2) is 0 Å². The van der Waals surface area contributed by atoms with Crippen molar-refractivity contribution in [3.8, 4) is 5.75 Å². The first kappa shape index (κ1) is 14.3. The third-order valence-corrected chi connectivity index (χ3v) is 3.04. The van der Waals surface area contributed by atoms with Gasteiger partial charge in [-0.1, -0.05) is 35.9 Å². The highest BCUT2D eigenvalue weighted by Gasteiger charge is 2.10. The molecule has 1 N–H and O–H groups in total. The van der Waals surface area contributed by atoms with E-state index in [-0.39, 0.29) is 24.7 Å². The lowest BCUT2D eigenvalue weighted by molar-refractivity contribution is -0.384. The van der Waals surface area contributed by atoms with Crippen LogP contribution in [0.25, 0.3) is 0 Å². The molecule has 0 unspecified atom stereocenters. The van der Waals surface area contributed by atoms with Crippen LogP contribution in [0.15, 0.2) is 42.5 Å².